The molecule has 0 bridgehead atoms. The zero-order valence-corrected chi connectivity index (χ0v) is 41.2. The lowest BCUT2D eigenvalue weighted by Gasteiger charge is -2.29. The van der Waals surface area contributed by atoms with Crippen molar-refractivity contribution in [3.05, 3.63) is 62.9 Å². The quantitative estimate of drug-likeness (QED) is 0.0396. The van der Waals surface area contributed by atoms with Crippen LogP contribution in [-0.2, 0) is 86.8 Å². The van der Waals surface area contributed by atoms with Crippen molar-refractivity contribution in [2.75, 3.05) is 80.3 Å². The maximum atomic E-state index is 14.1. The summed E-state index contributed by atoms with van der Waals surface area (Å²) in [6.07, 6.45) is 1.86. The summed E-state index contributed by atoms with van der Waals surface area (Å²) >= 11 is 0. The van der Waals surface area contributed by atoms with Gasteiger partial charge in [0.05, 0.1) is 46.6 Å². The first-order valence-corrected chi connectivity index (χ1v) is 23.5. The van der Waals surface area contributed by atoms with Gasteiger partial charge in [0.25, 0.3) is 0 Å². The number of fused-ring (bicyclic) bond motifs is 1. The zero-order chi connectivity index (χ0) is 53.1. The molecule has 30 heteroatoms. The normalized spacial score (nSPS) is 15.9. The SMILES string of the molecule is CCCCOCN1C(=O)N(COCCCC)C2C1N(COCCCC)C(=O)N2COCCn1c(=O)n(CCO)c(=O)n(CCOC(=O)Cn2c(=O)n(CC(=O)OC)c(=O)n(CC(=O)OC(C)CO)c2=O)c1=O. The first kappa shape index (κ1) is 58.1. The van der Waals surface area contributed by atoms with Crippen LogP contribution < -0.4 is 34.1 Å². The van der Waals surface area contributed by atoms with E-state index in [2.05, 4.69) is 4.74 Å². The van der Waals surface area contributed by atoms with Gasteiger partial charge in [-0.2, -0.15) is 0 Å². The molecule has 2 fully saturated rings. The first-order chi connectivity index (χ1) is 34.5. The van der Waals surface area contributed by atoms with E-state index >= 15 is 0 Å². The Kier molecular flexibility index (Phi) is 23.0. The number of aliphatic hydroxyl groups is 2. The van der Waals surface area contributed by atoms with Crippen molar-refractivity contribution in [3.63, 3.8) is 0 Å². The van der Waals surface area contributed by atoms with Crippen LogP contribution in [0.3, 0.4) is 0 Å². The van der Waals surface area contributed by atoms with Crippen LogP contribution in [0.15, 0.2) is 28.8 Å². The number of unbranched alkanes of at least 4 members (excludes halogenated alkanes) is 3. The van der Waals surface area contributed by atoms with Crippen LogP contribution in [0.4, 0.5) is 9.59 Å². The number of nitrogens with zero attached hydrogens (tertiary/aromatic N) is 10. The van der Waals surface area contributed by atoms with Crippen LogP contribution in [0.25, 0.3) is 0 Å². The lowest BCUT2D eigenvalue weighted by Crippen LogP contribution is -2.56. The van der Waals surface area contributed by atoms with Crippen molar-refractivity contribution < 1.29 is 67.3 Å². The minimum atomic E-state index is -1.49. The van der Waals surface area contributed by atoms with Crippen LogP contribution in [0.1, 0.15) is 66.2 Å². The molecular formula is C42H66N10O20. The minimum Gasteiger partial charge on any atom is -0.468 e. The van der Waals surface area contributed by atoms with Gasteiger partial charge in [-0.1, -0.05) is 40.0 Å². The second-order valence-corrected chi connectivity index (χ2v) is 16.4. The molecule has 3 unspecified atom stereocenters. The number of amides is 4. The Morgan fingerprint density at radius 1 is 0.486 bits per heavy atom. The summed E-state index contributed by atoms with van der Waals surface area (Å²) in [4.78, 5) is 151. The summed E-state index contributed by atoms with van der Waals surface area (Å²) in [5.74, 6) is -3.64. The molecule has 2 N–H and O–H groups in total. The van der Waals surface area contributed by atoms with Crippen LogP contribution in [0.5, 0.6) is 0 Å². The summed E-state index contributed by atoms with van der Waals surface area (Å²) < 4.78 is 40.2. The summed E-state index contributed by atoms with van der Waals surface area (Å²) in [6.45, 7) is -0.226. The molecule has 2 aromatic rings. The molecule has 4 amide bonds. The molecule has 404 valence electrons. The standard InChI is InChI=1S/C42H66N10O20/c1-6-9-16-67-25-49-33-34(51(41(49)64)27-69-18-11-8-3)52(42(65)50(33)26-68-17-10-7-2)28-70-19-13-44-35(58)43(12-15-53)36(59)45(37(44)60)14-20-71-31(56)22-47-38(61)46(21-30(55)66-5)39(62)48(40(47)63)23-32(57)72-29(4)24-54/h29,33-34,53-54H,6-28H2,1-5H3. The average molecular weight is 1030 g/mol. The van der Waals surface area contributed by atoms with Crippen LogP contribution in [-0.4, -0.2) is 186 Å². The number of rotatable bonds is 33. The van der Waals surface area contributed by atoms with Crippen molar-refractivity contribution in [3.8, 4) is 0 Å². The Hall–Kier alpha value is -6.47. The summed E-state index contributed by atoms with van der Waals surface area (Å²) in [7, 11) is 0.947. The van der Waals surface area contributed by atoms with Gasteiger partial charge >= 0.3 is 64.1 Å². The fourth-order valence-corrected chi connectivity index (χ4v) is 7.33. The molecule has 0 radical (unpaired) electrons. The topological polar surface area (TPSA) is 335 Å². The molecule has 2 saturated heterocycles. The van der Waals surface area contributed by atoms with Gasteiger partial charge < -0.3 is 43.4 Å². The smallest absolute Gasteiger partial charge is 0.337 e. The van der Waals surface area contributed by atoms with E-state index in [-0.39, 0.29) is 33.9 Å². The van der Waals surface area contributed by atoms with E-state index in [0.29, 0.717) is 33.5 Å². The van der Waals surface area contributed by atoms with Crippen molar-refractivity contribution in [2.45, 2.75) is 124 Å². The molecule has 3 atom stereocenters. The number of hydrogen-bond donors (Lipinski definition) is 2. The number of aromatic nitrogens is 6. The maximum absolute atomic E-state index is 14.1. The van der Waals surface area contributed by atoms with Crippen LogP contribution in [0.2, 0.25) is 0 Å². The molecule has 72 heavy (non-hydrogen) atoms. The lowest BCUT2D eigenvalue weighted by molar-refractivity contribution is -0.151. The predicted octanol–water partition coefficient (Wildman–Crippen LogP) is -3.59. The fourth-order valence-electron chi connectivity index (χ4n) is 7.33. The largest absolute Gasteiger partial charge is 0.468 e. The van der Waals surface area contributed by atoms with Crippen molar-refractivity contribution in [2.24, 2.45) is 0 Å². The Bertz CT molecular complexity index is 2540. The Morgan fingerprint density at radius 2 is 0.833 bits per heavy atom. The highest BCUT2D eigenvalue weighted by atomic mass is 16.6. The Labute approximate surface area is 410 Å². The number of urea groups is 2. The van der Waals surface area contributed by atoms with Crippen LogP contribution >= 0.6 is 0 Å². The highest BCUT2D eigenvalue weighted by molar-refractivity contribution is 5.85. The average Bonchev–Trinajstić information content (AvgIpc) is 3.78. The van der Waals surface area contributed by atoms with Crippen molar-refractivity contribution >= 4 is 30.0 Å². The first-order valence-electron chi connectivity index (χ1n) is 23.5. The van der Waals surface area contributed by atoms with E-state index in [1.54, 1.807) is 0 Å². The number of hydrogen-bond acceptors (Lipinski definition) is 20. The van der Waals surface area contributed by atoms with E-state index in [4.69, 9.17) is 28.4 Å². The molecule has 2 aliphatic rings. The monoisotopic (exact) mass is 1030 g/mol. The molecule has 0 aromatic carbocycles. The summed E-state index contributed by atoms with van der Waals surface area (Å²) in [5, 5.41) is 18.9. The van der Waals surface area contributed by atoms with Crippen LogP contribution in [0, 0.1) is 0 Å². The Balaban J connectivity index is 1.55. The molecular weight excluding hydrogens is 965 g/mol. The number of esters is 3. The minimum absolute atomic E-state index is 0.126. The number of ether oxygens (including phenoxy) is 7. The van der Waals surface area contributed by atoms with Gasteiger partial charge in [-0.3, -0.25) is 34.0 Å². The molecule has 30 nitrogen and oxygen atoms in total. The number of carbonyl (C=O) groups is 5. The van der Waals surface area contributed by atoms with Gasteiger partial charge in [-0.25, -0.2) is 65.8 Å². The van der Waals surface area contributed by atoms with Crippen molar-refractivity contribution in [1.82, 2.24) is 47.0 Å². The molecule has 0 spiro atoms. The molecule has 4 rings (SSSR count). The molecule has 4 heterocycles. The number of aliphatic hydroxyl groups excluding tert-OH is 2. The Morgan fingerprint density at radius 3 is 1.21 bits per heavy atom. The zero-order valence-electron chi connectivity index (χ0n) is 41.2. The second-order valence-electron chi connectivity index (χ2n) is 16.4. The highest BCUT2D eigenvalue weighted by Crippen LogP contribution is 2.35. The molecule has 2 aromatic heterocycles. The van der Waals surface area contributed by atoms with Gasteiger partial charge in [-0.05, 0) is 26.2 Å². The third-order valence-corrected chi connectivity index (χ3v) is 11.2. The van der Waals surface area contributed by atoms with E-state index in [9.17, 15) is 63.0 Å². The molecule has 0 aliphatic carbocycles. The third-order valence-electron chi connectivity index (χ3n) is 11.2. The van der Waals surface area contributed by atoms with Crippen molar-refractivity contribution in [1.29, 1.82) is 0 Å². The van der Waals surface area contributed by atoms with Gasteiger partial charge in [0.2, 0.25) is 0 Å². The number of methoxy groups -OCH3 is 1. The van der Waals surface area contributed by atoms with Gasteiger partial charge in [0.15, 0.2) is 12.3 Å². The van der Waals surface area contributed by atoms with Gasteiger partial charge in [0.1, 0.15) is 59.3 Å². The van der Waals surface area contributed by atoms with E-state index in [1.807, 2.05) is 20.8 Å². The lowest BCUT2D eigenvalue weighted by atomic mass is 10.3. The van der Waals surface area contributed by atoms with E-state index in [0.717, 1.165) is 45.6 Å². The number of carbonyl (C=O) groups excluding carboxylic acids is 5. The summed E-state index contributed by atoms with van der Waals surface area (Å²) in [5.41, 5.74) is -7.92. The van der Waals surface area contributed by atoms with Gasteiger partial charge in [-0.15, -0.1) is 0 Å². The second kappa shape index (κ2) is 28.5. The molecule has 0 saturated carbocycles. The van der Waals surface area contributed by atoms with E-state index < -0.39 is 155 Å². The third kappa shape index (κ3) is 14.4. The predicted molar refractivity (Wildman–Crippen MR) is 245 cm³/mol. The van der Waals surface area contributed by atoms with Gasteiger partial charge in [0, 0.05) is 19.8 Å². The van der Waals surface area contributed by atoms with E-state index in [1.165, 1.54) is 26.5 Å². The maximum Gasteiger partial charge on any atom is 0.337 e. The fraction of sp³-hybridized carbons (Fsp3) is 0.738. The highest BCUT2D eigenvalue weighted by Gasteiger charge is 2.59. The molecule has 2 aliphatic heterocycles. The summed E-state index contributed by atoms with van der Waals surface area (Å²) in [6, 6.07) is -1.01.